The van der Waals surface area contributed by atoms with E-state index in [1.54, 1.807) is 30.7 Å². The van der Waals surface area contributed by atoms with Crippen LogP contribution in [-0.2, 0) is 11.8 Å². The number of hydrogen-bond donors (Lipinski definition) is 2. The summed E-state index contributed by atoms with van der Waals surface area (Å²) in [5.74, 6) is 0.196. The molecule has 0 aliphatic heterocycles. The molecule has 0 aliphatic rings. The van der Waals surface area contributed by atoms with Gasteiger partial charge in [-0.25, -0.2) is 4.98 Å². The van der Waals surface area contributed by atoms with Gasteiger partial charge in [-0.2, -0.15) is 0 Å². The van der Waals surface area contributed by atoms with Gasteiger partial charge in [0.25, 0.3) is 5.91 Å². The number of halogens is 2. The first kappa shape index (κ1) is 23.5. The Morgan fingerprint density at radius 3 is 2.70 bits per heavy atom. The van der Waals surface area contributed by atoms with Gasteiger partial charge in [0.05, 0.1) is 32.1 Å². The number of nitrogens with zero attached hydrogens (tertiary/aromatic N) is 4. The molecule has 8 nitrogen and oxygen atoms in total. The number of carbonyl (C=O) groups excluding carboxylic acids is 2. The molecule has 0 spiro atoms. The van der Waals surface area contributed by atoms with Crippen molar-refractivity contribution in [2.45, 2.75) is 18.1 Å². The number of anilines is 1. The average molecular weight is 521 g/mol. The van der Waals surface area contributed by atoms with Crippen LogP contribution in [-0.4, -0.2) is 37.3 Å². The molecule has 33 heavy (non-hydrogen) atoms. The van der Waals surface area contributed by atoms with Crippen molar-refractivity contribution in [2.75, 3.05) is 11.1 Å². The van der Waals surface area contributed by atoms with Crippen molar-refractivity contribution in [3.05, 3.63) is 63.9 Å². The fourth-order valence-corrected chi connectivity index (χ4v) is 4.92. The minimum absolute atomic E-state index is 0.145. The first-order chi connectivity index (χ1) is 15.8. The number of benzene rings is 2. The van der Waals surface area contributed by atoms with Crippen LogP contribution in [0.1, 0.15) is 29.1 Å². The number of aromatic nitrogens is 4. The summed E-state index contributed by atoms with van der Waals surface area (Å²) in [5, 5.41) is 15.8. The fraction of sp³-hybridized carbons (Fsp3) is 0.190. The molecule has 0 saturated carbocycles. The van der Waals surface area contributed by atoms with Crippen LogP contribution >= 0.6 is 46.3 Å². The van der Waals surface area contributed by atoms with Crippen molar-refractivity contribution in [1.82, 2.24) is 25.1 Å². The molecule has 0 saturated heterocycles. The van der Waals surface area contributed by atoms with Crippen LogP contribution in [0.4, 0.5) is 5.13 Å². The second kappa shape index (κ2) is 10.1. The lowest BCUT2D eigenvalue weighted by molar-refractivity contribution is -0.113. The van der Waals surface area contributed by atoms with Gasteiger partial charge in [-0.05, 0) is 37.3 Å². The Morgan fingerprint density at radius 2 is 1.94 bits per heavy atom. The highest BCUT2D eigenvalue weighted by atomic mass is 35.5. The predicted molar refractivity (Wildman–Crippen MR) is 132 cm³/mol. The topological polar surface area (TPSA) is 102 Å². The number of nitrogens with one attached hydrogen (secondary N) is 2. The minimum Gasteiger partial charge on any atom is -0.342 e. The summed E-state index contributed by atoms with van der Waals surface area (Å²) in [6.07, 6.45) is 0. The van der Waals surface area contributed by atoms with E-state index in [0.29, 0.717) is 31.7 Å². The lowest BCUT2D eigenvalue weighted by Crippen LogP contribution is -2.28. The first-order valence-corrected chi connectivity index (χ1v) is 12.3. The SMILES string of the molecule is C[C@H](NC(=O)c1ccc(Cl)c(Cl)c1)c1nnc(SCC(=O)Nc2nc3ccccc3s2)n1C. The normalized spacial score (nSPS) is 12.0. The van der Waals surface area contributed by atoms with Crippen molar-refractivity contribution < 1.29 is 9.59 Å². The van der Waals surface area contributed by atoms with Crippen LogP contribution in [0.25, 0.3) is 10.2 Å². The second-order valence-electron chi connectivity index (χ2n) is 7.05. The van der Waals surface area contributed by atoms with E-state index in [1.165, 1.54) is 29.2 Å². The highest BCUT2D eigenvalue weighted by molar-refractivity contribution is 7.99. The molecular formula is C21H18Cl2N6O2S2. The largest absolute Gasteiger partial charge is 0.342 e. The van der Waals surface area contributed by atoms with Gasteiger partial charge < -0.3 is 15.2 Å². The summed E-state index contributed by atoms with van der Waals surface area (Å²) >= 11 is 14.6. The molecule has 0 unspecified atom stereocenters. The maximum atomic E-state index is 12.5. The third kappa shape index (κ3) is 5.47. The number of thioether (sulfide) groups is 1. The summed E-state index contributed by atoms with van der Waals surface area (Å²) in [6, 6.07) is 11.9. The van der Waals surface area contributed by atoms with Crippen molar-refractivity contribution in [2.24, 2.45) is 7.05 Å². The zero-order valence-corrected chi connectivity index (χ0v) is 20.6. The maximum absolute atomic E-state index is 12.5. The Labute approximate surface area is 207 Å². The number of fused-ring (bicyclic) bond motifs is 1. The predicted octanol–water partition coefficient (Wildman–Crippen LogP) is 4.95. The van der Waals surface area contributed by atoms with Gasteiger partial charge in [0.2, 0.25) is 5.91 Å². The van der Waals surface area contributed by atoms with Crippen LogP contribution in [0.2, 0.25) is 10.0 Å². The second-order valence-corrected chi connectivity index (χ2v) is 9.83. The van der Waals surface area contributed by atoms with E-state index >= 15 is 0 Å². The molecular weight excluding hydrogens is 503 g/mol. The summed E-state index contributed by atoms with van der Waals surface area (Å²) in [5.41, 5.74) is 1.24. The van der Waals surface area contributed by atoms with Gasteiger partial charge in [-0.15, -0.1) is 10.2 Å². The van der Waals surface area contributed by atoms with Gasteiger partial charge in [0.1, 0.15) is 0 Å². The van der Waals surface area contributed by atoms with E-state index in [9.17, 15) is 9.59 Å². The number of thiazole rings is 1. The Kier molecular flexibility index (Phi) is 7.18. The molecule has 2 N–H and O–H groups in total. The number of carbonyl (C=O) groups is 2. The first-order valence-electron chi connectivity index (χ1n) is 9.75. The van der Waals surface area contributed by atoms with Crippen molar-refractivity contribution in [3.8, 4) is 0 Å². The third-order valence-electron chi connectivity index (χ3n) is 4.66. The molecule has 0 radical (unpaired) electrons. The van der Waals surface area contributed by atoms with E-state index in [4.69, 9.17) is 23.2 Å². The molecule has 4 rings (SSSR count). The summed E-state index contributed by atoms with van der Waals surface area (Å²) < 4.78 is 2.75. The van der Waals surface area contributed by atoms with Crippen LogP contribution in [0.3, 0.4) is 0 Å². The molecule has 0 bridgehead atoms. The molecule has 0 aliphatic carbocycles. The van der Waals surface area contributed by atoms with Crippen molar-refractivity contribution >= 4 is 73.5 Å². The third-order valence-corrected chi connectivity index (χ3v) is 7.37. The number of rotatable bonds is 7. The van der Waals surface area contributed by atoms with E-state index in [-0.39, 0.29) is 17.6 Å². The molecule has 0 fully saturated rings. The molecule has 2 aromatic carbocycles. The quantitative estimate of drug-likeness (QED) is 0.334. The van der Waals surface area contributed by atoms with Gasteiger partial charge >= 0.3 is 0 Å². The van der Waals surface area contributed by atoms with E-state index in [1.807, 2.05) is 24.3 Å². The molecule has 12 heteroatoms. The molecule has 2 amide bonds. The van der Waals surface area contributed by atoms with E-state index in [0.717, 1.165) is 10.2 Å². The van der Waals surface area contributed by atoms with Crippen molar-refractivity contribution in [3.63, 3.8) is 0 Å². The summed E-state index contributed by atoms with van der Waals surface area (Å²) in [6.45, 7) is 1.80. The fourth-order valence-electron chi connectivity index (χ4n) is 3.02. The summed E-state index contributed by atoms with van der Waals surface area (Å²) in [4.78, 5) is 29.3. The smallest absolute Gasteiger partial charge is 0.251 e. The van der Waals surface area contributed by atoms with Gasteiger partial charge in [-0.3, -0.25) is 9.59 Å². The lowest BCUT2D eigenvalue weighted by Gasteiger charge is -2.14. The Hall–Kier alpha value is -2.66. The van der Waals surface area contributed by atoms with Gasteiger partial charge in [-0.1, -0.05) is 58.4 Å². The zero-order chi connectivity index (χ0) is 23.5. The molecule has 2 heterocycles. The molecule has 1 atom stereocenters. The Morgan fingerprint density at radius 1 is 1.15 bits per heavy atom. The maximum Gasteiger partial charge on any atom is 0.251 e. The number of amides is 2. The Balaban J connectivity index is 1.35. The molecule has 170 valence electrons. The molecule has 4 aromatic rings. The van der Waals surface area contributed by atoms with Gasteiger partial charge in [0, 0.05) is 12.6 Å². The van der Waals surface area contributed by atoms with Gasteiger partial charge in [0.15, 0.2) is 16.1 Å². The van der Waals surface area contributed by atoms with Crippen LogP contribution in [0.15, 0.2) is 47.6 Å². The van der Waals surface area contributed by atoms with Crippen molar-refractivity contribution in [1.29, 1.82) is 0 Å². The van der Waals surface area contributed by atoms with Crippen LogP contribution in [0.5, 0.6) is 0 Å². The zero-order valence-electron chi connectivity index (χ0n) is 17.5. The standard InChI is InChI=1S/C21H18Cl2N6O2S2/c1-11(24-19(31)12-7-8-13(22)14(23)9-12)18-27-28-21(29(18)2)32-10-17(30)26-20-25-15-5-3-4-6-16(15)33-20/h3-9,11H,10H2,1-2H3,(H,24,31)(H,25,26,30)/t11-/m0/s1. The monoisotopic (exact) mass is 520 g/mol. The number of para-hydroxylation sites is 1. The van der Waals surface area contributed by atoms with Crippen LogP contribution in [0, 0.1) is 0 Å². The highest BCUT2D eigenvalue weighted by Gasteiger charge is 2.19. The van der Waals surface area contributed by atoms with E-state index in [2.05, 4.69) is 25.8 Å². The van der Waals surface area contributed by atoms with Crippen LogP contribution < -0.4 is 10.6 Å². The minimum atomic E-state index is -0.421. The molecule has 2 aromatic heterocycles. The van der Waals surface area contributed by atoms with E-state index < -0.39 is 6.04 Å². The number of hydrogen-bond acceptors (Lipinski definition) is 7. The Bertz CT molecular complexity index is 1310. The average Bonchev–Trinajstić information content (AvgIpc) is 3.36. The summed E-state index contributed by atoms with van der Waals surface area (Å²) in [7, 11) is 1.78. The lowest BCUT2D eigenvalue weighted by atomic mass is 10.2. The highest BCUT2D eigenvalue weighted by Crippen LogP contribution is 2.26.